The number of nitrogens with zero attached hydrogens (tertiary/aromatic N) is 2. The van der Waals surface area contributed by atoms with E-state index in [0.717, 1.165) is 11.1 Å². The third-order valence-electron chi connectivity index (χ3n) is 3.59. The summed E-state index contributed by atoms with van der Waals surface area (Å²) in [4.78, 5) is 12.2. The predicted octanol–water partition coefficient (Wildman–Crippen LogP) is 3.80. The van der Waals surface area contributed by atoms with Crippen LogP contribution in [-0.2, 0) is 16.1 Å². The van der Waals surface area contributed by atoms with Gasteiger partial charge in [-0.2, -0.15) is 0 Å². The van der Waals surface area contributed by atoms with E-state index in [9.17, 15) is 4.79 Å². The Morgan fingerprint density at radius 3 is 2.48 bits per heavy atom. The molecule has 128 valence electrons. The number of rotatable bonds is 6. The zero-order valence-corrected chi connectivity index (χ0v) is 14.0. The van der Waals surface area contributed by atoms with Crippen LogP contribution >= 0.6 is 0 Å². The van der Waals surface area contributed by atoms with Crippen molar-refractivity contribution in [1.29, 1.82) is 0 Å². The Balaban J connectivity index is 1.66. The molecule has 0 aliphatic rings. The van der Waals surface area contributed by atoms with Gasteiger partial charge in [0.15, 0.2) is 6.10 Å². The van der Waals surface area contributed by atoms with Crippen molar-refractivity contribution >= 4 is 5.97 Å². The number of benzene rings is 2. The number of carbonyl (C=O) groups is 1. The van der Waals surface area contributed by atoms with E-state index in [1.165, 1.54) is 0 Å². The Labute approximate surface area is 145 Å². The number of carbonyl (C=O) groups excluding carboxylic acids is 1. The quantitative estimate of drug-likeness (QED) is 0.636. The molecule has 0 unspecified atom stereocenters. The van der Waals surface area contributed by atoms with Crippen molar-refractivity contribution in [3.8, 4) is 11.5 Å². The van der Waals surface area contributed by atoms with E-state index >= 15 is 0 Å². The third-order valence-corrected chi connectivity index (χ3v) is 3.59. The second-order valence-electron chi connectivity index (χ2n) is 5.49. The van der Waals surface area contributed by atoms with Crippen molar-refractivity contribution in [1.82, 2.24) is 10.2 Å². The topological polar surface area (TPSA) is 74.5 Å². The van der Waals surface area contributed by atoms with Gasteiger partial charge in [-0.05, 0) is 36.8 Å². The molecule has 0 aliphatic heterocycles. The highest BCUT2D eigenvalue weighted by Crippen LogP contribution is 2.23. The van der Waals surface area contributed by atoms with Gasteiger partial charge in [-0.15, -0.1) is 10.2 Å². The summed E-state index contributed by atoms with van der Waals surface area (Å²) in [5, 5.41) is 7.97. The monoisotopic (exact) mass is 338 g/mol. The smallest absolute Gasteiger partial charge is 0.338 e. The molecule has 0 saturated heterocycles. The SMILES string of the molecule is COCc1ccc(C(=O)O[C@@H](C)c2nnc(-c3ccccc3)o2)cc1. The van der Waals surface area contributed by atoms with Crippen LogP contribution in [-0.4, -0.2) is 23.3 Å². The summed E-state index contributed by atoms with van der Waals surface area (Å²) in [7, 11) is 1.62. The average Bonchev–Trinajstić information content (AvgIpc) is 3.13. The first kappa shape index (κ1) is 16.9. The molecule has 3 rings (SSSR count). The maximum Gasteiger partial charge on any atom is 0.338 e. The molecule has 6 heteroatoms. The fourth-order valence-electron chi connectivity index (χ4n) is 2.28. The molecule has 0 fully saturated rings. The van der Waals surface area contributed by atoms with Gasteiger partial charge in [0.1, 0.15) is 0 Å². The van der Waals surface area contributed by atoms with Crippen LogP contribution in [0.15, 0.2) is 59.0 Å². The molecule has 1 atom stereocenters. The van der Waals surface area contributed by atoms with Gasteiger partial charge in [-0.25, -0.2) is 4.79 Å². The number of aromatic nitrogens is 2. The summed E-state index contributed by atoms with van der Waals surface area (Å²) in [5.41, 5.74) is 2.25. The average molecular weight is 338 g/mol. The first-order valence-corrected chi connectivity index (χ1v) is 7.85. The summed E-state index contributed by atoms with van der Waals surface area (Å²) in [5.74, 6) is 0.196. The molecule has 0 bridgehead atoms. The number of hydrogen-bond donors (Lipinski definition) is 0. The highest BCUT2D eigenvalue weighted by Gasteiger charge is 2.19. The summed E-state index contributed by atoms with van der Waals surface area (Å²) >= 11 is 0. The Kier molecular flexibility index (Phi) is 5.20. The first-order valence-electron chi connectivity index (χ1n) is 7.85. The second kappa shape index (κ2) is 7.72. The number of hydrogen-bond acceptors (Lipinski definition) is 6. The Bertz CT molecular complexity index is 828. The molecule has 0 radical (unpaired) electrons. The largest absolute Gasteiger partial charge is 0.449 e. The van der Waals surface area contributed by atoms with E-state index < -0.39 is 12.1 Å². The molecule has 0 aliphatic carbocycles. The van der Waals surface area contributed by atoms with Crippen molar-refractivity contribution in [3.05, 3.63) is 71.6 Å². The van der Waals surface area contributed by atoms with E-state index in [1.54, 1.807) is 26.2 Å². The Morgan fingerprint density at radius 1 is 1.08 bits per heavy atom. The van der Waals surface area contributed by atoms with Crippen molar-refractivity contribution in [2.75, 3.05) is 7.11 Å². The van der Waals surface area contributed by atoms with Crippen LogP contribution in [0.25, 0.3) is 11.5 Å². The zero-order valence-electron chi connectivity index (χ0n) is 14.0. The van der Waals surface area contributed by atoms with Gasteiger partial charge in [0, 0.05) is 12.7 Å². The molecule has 3 aromatic rings. The summed E-state index contributed by atoms with van der Waals surface area (Å²) in [6.07, 6.45) is -0.642. The van der Waals surface area contributed by atoms with Crippen LogP contribution in [0.5, 0.6) is 0 Å². The van der Waals surface area contributed by atoms with Gasteiger partial charge in [0.2, 0.25) is 5.89 Å². The van der Waals surface area contributed by atoms with Crippen LogP contribution in [0.3, 0.4) is 0 Å². The minimum absolute atomic E-state index is 0.253. The minimum Gasteiger partial charge on any atom is -0.449 e. The van der Waals surface area contributed by atoms with Crippen molar-refractivity contribution in [2.24, 2.45) is 0 Å². The van der Waals surface area contributed by atoms with Crippen LogP contribution in [0, 0.1) is 0 Å². The van der Waals surface area contributed by atoms with Gasteiger partial charge >= 0.3 is 5.97 Å². The number of esters is 1. The summed E-state index contributed by atoms with van der Waals surface area (Å²) in [6.45, 7) is 2.19. The van der Waals surface area contributed by atoms with E-state index in [1.807, 2.05) is 42.5 Å². The lowest BCUT2D eigenvalue weighted by Crippen LogP contribution is -2.09. The summed E-state index contributed by atoms with van der Waals surface area (Å²) < 4.78 is 16.1. The molecule has 25 heavy (non-hydrogen) atoms. The van der Waals surface area contributed by atoms with Gasteiger partial charge in [0.25, 0.3) is 5.89 Å². The van der Waals surface area contributed by atoms with Crippen molar-refractivity contribution < 1.29 is 18.7 Å². The van der Waals surface area contributed by atoms with Crippen LogP contribution in [0.4, 0.5) is 0 Å². The highest BCUT2D eigenvalue weighted by atomic mass is 16.6. The molecule has 2 aromatic carbocycles. The minimum atomic E-state index is -0.642. The van der Waals surface area contributed by atoms with E-state index in [0.29, 0.717) is 18.1 Å². The van der Waals surface area contributed by atoms with Crippen LogP contribution < -0.4 is 0 Å². The van der Waals surface area contributed by atoms with Crippen LogP contribution in [0.1, 0.15) is 34.8 Å². The lowest BCUT2D eigenvalue weighted by molar-refractivity contribution is 0.0280. The van der Waals surface area contributed by atoms with Crippen molar-refractivity contribution in [3.63, 3.8) is 0 Å². The molecular formula is C19H18N2O4. The van der Waals surface area contributed by atoms with Gasteiger partial charge in [0.05, 0.1) is 12.2 Å². The van der Waals surface area contributed by atoms with Gasteiger partial charge < -0.3 is 13.9 Å². The predicted molar refractivity (Wildman–Crippen MR) is 90.7 cm³/mol. The molecule has 0 amide bonds. The molecule has 0 N–H and O–H groups in total. The Morgan fingerprint density at radius 2 is 1.80 bits per heavy atom. The summed E-state index contributed by atoms with van der Waals surface area (Å²) in [6, 6.07) is 16.5. The zero-order chi connectivity index (χ0) is 17.6. The molecule has 6 nitrogen and oxygen atoms in total. The van der Waals surface area contributed by atoms with E-state index in [-0.39, 0.29) is 5.89 Å². The first-order chi connectivity index (χ1) is 12.2. The van der Waals surface area contributed by atoms with Gasteiger partial charge in [-0.3, -0.25) is 0 Å². The second-order valence-corrected chi connectivity index (χ2v) is 5.49. The molecule has 0 spiro atoms. The Hall–Kier alpha value is -2.99. The molecule has 1 heterocycles. The number of ether oxygens (including phenoxy) is 2. The molecular weight excluding hydrogens is 320 g/mol. The van der Waals surface area contributed by atoms with Crippen molar-refractivity contribution in [2.45, 2.75) is 19.6 Å². The van der Waals surface area contributed by atoms with E-state index in [2.05, 4.69) is 10.2 Å². The molecule has 1 aromatic heterocycles. The standard InChI is InChI=1S/C19H18N2O4/c1-13(17-20-21-18(25-17)15-6-4-3-5-7-15)24-19(22)16-10-8-14(9-11-16)12-23-2/h3-11,13H,12H2,1-2H3/t13-/m0/s1. The lowest BCUT2D eigenvalue weighted by atomic mass is 10.1. The lowest BCUT2D eigenvalue weighted by Gasteiger charge is -2.09. The normalized spacial score (nSPS) is 11.9. The fourth-order valence-corrected chi connectivity index (χ4v) is 2.28. The molecule has 0 saturated carbocycles. The van der Waals surface area contributed by atoms with E-state index in [4.69, 9.17) is 13.9 Å². The van der Waals surface area contributed by atoms with Crippen LogP contribution in [0.2, 0.25) is 0 Å². The maximum absolute atomic E-state index is 12.2. The number of methoxy groups -OCH3 is 1. The third kappa shape index (κ3) is 4.10. The maximum atomic E-state index is 12.2. The highest BCUT2D eigenvalue weighted by molar-refractivity contribution is 5.89. The van der Waals surface area contributed by atoms with Gasteiger partial charge in [-0.1, -0.05) is 30.3 Å². The fraction of sp³-hybridized carbons (Fsp3) is 0.211.